The Morgan fingerprint density at radius 2 is 1.46 bits per heavy atom. The topological polar surface area (TPSA) is 59.8 Å². The third-order valence-corrected chi connectivity index (χ3v) is 4.51. The molecule has 2 saturated heterocycles. The molecule has 8 nitrogen and oxygen atoms in total. The lowest BCUT2D eigenvalue weighted by atomic mass is 10.3. The van der Waals surface area contributed by atoms with E-state index in [2.05, 4.69) is 15.1 Å². The molecular weight excluding hydrogens is 338 g/mol. The SMILES string of the molecule is CCOC(OCC)c1cc(N(N2CCOCC2)N2CCOCC2)c(C)o1. The molecule has 3 heterocycles. The van der Waals surface area contributed by atoms with E-state index in [4.69, 9.17) is 23.4 Å². The highest BCUT2D eigenvalue weighted by Gasteiger charge is 2.30. The van der Waals surface area contributed by atoms with E-state index in [0.29, 0.717) is 19.0 Å². The molecule has 2 fully saturated rings. The van der Waals surface area contributed by atoms with Gasteiger partial charge in [0.15, 0.2) is 5.76 Å². The highest BCUT2D eigenvalue weighted by molar-refractivity contribution is 5.49. The molecule has 0 spiro atoms. The molecule has 0 bridgehead atoms. The van der Waals surface area contributed by atoms with Gasteiger partial charge in [-0.3, -0.25) is 0 Å². The molecule has 1 aromatic rings. The summed E-state index contributed by atoms with van der Waals surface area (Å²) < 4.78 is 28.5. The quantitative estimate of drug-likeness (QED) is 0.645. The van der Waals surface area contributed by atoms with Gasteiger partial charge in [-0.2, -0.15) is 0 Å². The fraction of sp³-hybridized carbons (Fsp3) is 0.778. The molecule has 26 heavy (non-hydrogen) atoms. The summed E-state index contributed by atoms with van der Waals surface area (Å²) in [7, 11) is 0. The number of hydrogen-bond donors (Lipinski definition) is 0. The van der Waals surface area contributed by atoms with E-state index in [9.17, 15) is 0 Å². The summed E-state index contributed by atoms with van der Waals surface area (Å²) in [5.41, 5.74) is 1.02. The van der Waals surface area contributed by atoms with Crippen LogP contribution in [0.15, 0.2) is 10.5 Å². The normalized spacial score (nSPS) is 20.0. The highest BCUT2D eigenvalue weighted by Crippen LogP contribution is 2.32. The first-order valence-corrected chi connectivity index (χ1v) is 9.53. The van der Waals surface area contributed by atoms with Crippen LogP contribution < -0.4 is 5.12 Å². The number of anilines is 1. The first kappa shape index (κ1) is 19.6. The van der Waals surface area contributed by atoms with E-state index in [0.717, 1.165) is 64.1 Å². The molecule has 8 heteroatoms. The number of hydrogen-bond acceptors (Lipinski definition) is 8. The molecule has 3 rings (SSSR count). The van der Waals surface area contributed by atoms with Crippen molar-refractivity contribution in [1.82, 2.24) is 10.0 Å². The summed E-state index contributed by atoms with van der Waals surface area (Å²) in [5.74, 6) is 1.55. The Hall–Kier alpha value is -1.16. The van der Waals surface area contributed by atoms with Gasteiger partial charge in [-0.15, -0.1) is 0 Å². The summed E-state index contributed by atoms with van der Waals surface area (Å²) in [4.78, 5) is 0. The van der Waals surface area contributed by atoms with Crippen LogP contribution in [0.25, 0.3) is 0 Å². The molecule has 0 aliphatic carbocycles. The van der Waals surface area contributed by atoms with Crippen LogP contribution in [0.2, 0.25) is 0 Å². The van der Waals surface area contributed by atoms with Crippen LogP contribution in [0, 0.1) is 6.92 Å². The van der Waals surface area contributed by atoms with Crippen molar-refractivity contribution in [3.63, 3.8) is 0 Å². The number of nitrogens with zero attached hydrogens (tertiary/aromatic N) is 3. The second-order valence-corrected chi connectivity index (χ2v) is 6.25. The van der Waals surface area contributed by atoms with Gasteiger partial charge in [0.25, 0.3) is 0 Å². The number of morpholine rings is 2. The van der Waals surface area contributed by atoms with Crippen LogP contribution in [0.4, 0.5) is 5.69 Å². The molecule has 0 amide bonds. The number of aryl methyl sites for hydroxylation is 1. The molecule has 2 aliphatic heterocycles. The molecule has 2 aliphatic rings. The monoisotopic (exact) mass is 369 g/mol. The summed E-state index contributed by atoms with van der Waals surface area (Å²) in [6.07, 6.45) is -0.478. The molecule has 148 valence electrons. The van der Waals surface area contributed by atoms with Crippen molar-refractivity contribution in [1.29, 1.82) is 0 Å². The lowest BCUT2D eigenvalue weighted by Gasteiger charge is -2.45. The Bertz CT molecular complexity index is 517. The van der Waals surface area contributed by atoms with Gasteiger partial charge in [-0.05, 0) is 20.8 Å². The molecule has 0 unspecified atom stereocenters. The third kappa shape index (κ3) is 4.57. The van der Waals surface area contributed by atoms with E-state index in [1.54, 1.807) is 0 Å². The standard InChI is InChI=1S/C18H31N3O5/c1-4-24-18(25-5-2)17-14-16(15(3)26-17)21(19-6-10-22-11-7-19)20-8-12-23-13-9-20/h14,18H,4-13H2,1-3H3. The highest BCUT2D eigenvalue weighted by atomic mass is 16.7. The molecule has 1 aromatic heterocycles. The number of hydrazine groups is 2. The largest absolute Gasteiger partial charge is 0.459 e. The van der Waals surface area contributed by atoms with Crippen LogP contribution >= 0.6 is 0 Å². The Labute approximate surface area is 155 Å². The second-order valence-electron chi connectivity index (χ2n) is 6.25. The van der Waals surface area contributed by atoms with Gasteiger partial charge < -0.3 is 23.4 Å². The lowest BCUT2D eigenvalue weighted by Crippen LogP contribution is -2.59. The zero-order valence-corrected chi connectivity index (χ0v) is 16.1. The van der Waals surface area contributed by atoms with Crippen LogP contribution in [0.5, 0.6) is 0 Å². The molecule has 0 N–H and O–H groups in total. The van der Waals surface area contributed by atoms with E-state index in [-0.39, 0.29) is 0 Å². The van der Waals surface area contributed by atoms with Crippen LogP contribution in [-0.2, 0) is 18.9 Å². The third-order valence-electron chi connectivity index (χ3n) is 4.51. The van der Waals surface area contributed by atoms with Crippen LogP contribution in [0.3, 0.4) is 0 Å². The maximum absolute atomic E-state index is 6.04. The Balaban J connectivity index is 1.87. The second kappa shape index (κ2) is 9.68. The van der Waals surface area contributed by atoms with Gasteiger partial charge in [0.05, 0.1) is 26.4 Å². The van der Waals surface area contributed by atoms with Gasteiger partial charge in [-0.25, -0.2) is 15.1 Å². The number of rotatable bonds is 8. The first-order chi connectivity index (χ1) is 12.7. The van der Waals surface area contributed by atoms with Crippen molar-refractivity contribution in [3.05, 3.63) is 17.6 Å². The zero-order chi connectivity index (χ0) is 18.4. The Morgan fingerprint density at radius 3 is 1.92 bits per heavy atom. The molecule has 0 aromatic carbocycles. The fourth-order valence-corrected chi connectivity index (χ4v) is 3.29. The summed E-state index contributed by atoms with van der Waals surface area (Å²) in [6.45, 7) is 13.3. The fourth-order valence-electron chi connectivity index (χ4n) is 3.29. The molecule has 0 radical (unpaired) electrons. The van der Waals surface area contributed by atoms with Crippen molar-refractivity contribution < 1.29 is 23.4 Å². The maximum atomic E-state index is 6.04. The van der Waals surface area contributed by atoms with Crippen molar-refractivity contribution in [2.45, 2.75) is 27.1 Å². The van der Waals surface area contributed by atoms with Gasteiger partial charge in [0, 0.05) is 45.5 Å². The van der Waals surface area contributed by atoms with E-state index in [1.807, 2.05) is 26.8 Å². The molecule has 0 saturated carbocycles. The minimum atomic E-state index is -0.478. The van der Waals surface area contributed by atoms with Crippen molar-refractivity contribution in [2.75, 3.05) is 70.9 Å². The van der Waals surface area contributed by atoms with E-state index < -0.39 is 6.29 Å². The average Bonchev–Trinajstić information content (AvgIpc) is 3.05. The first-order valence-electron chi connectivity index (χ1n) is 9.53. The van der Waals surface area contributed by atoms with Crippen molar-refractivity contribution in [3.8, 4) is 0 Å². The van der Waals surface area contributed by atoms with Crippen molar-refractivity contribution in [2.24, 2.45) is 0 Å². The van der Waals surface area contributed by atoms with Crippen molar-refractivity contribution >= 4 is 5.69 Å². The summed E-state index contributed by atoms with van der Waals surface area (Å²) in [5, 5.41) is 6.86. The maximum Gasteiger partial charge on any atom is 0.217 e. The van der Waals surface area contributed by atoms with Gasteiger partial charge in [0.1, 0.15) is 11.4 Å². The summed E-state index contributed by atoms with van der Waals surface area (Å²) in [6, 6.07) is 2.04. The predicted molar refractivity (Wildman–Crippen MR) is 96.7 cm³/mol. The van der Waals surface area contributed by atoms with E-state index in [1.165, 1.54) is 0 Å². The molecular formula is C18H31N3O5. The van der Waals surface area contributed by atoms with Gasteiger partial charge in [-0.1, -0.05) is 0 Å². The van der Waals surface area contributed by atoms with Gasteiger partial charge >= 0.3 is 0 Å². The Morgan fingerprint density at radius 1 is 0.962 bits per heavy atom. The number of furan rings is 1. The van der Waals surface area contributed by atoms with E-state index >= 15 is 0 Å². The minimum Gasteiger partial charge on any atom is -0.459 e. The van der Waals surface area contributed by atoms with Gasteiger partial charge in [0.2, 0.25) is 6.29 Å². The average molecular weight is 369 g/mol. The molecule has 0 atom stereocenters. The zero-order valence-electron chi connectivity index (χ0n) is 16.1. The summed E-state index contributed by atoms with van der Waals surface area (Å²) >= 11 is 0. The Kier molecular flexibility index (Phi) is 7.30. The smallest absolute Gasteiger partial charge is 0.217 e. The van der Waals surface area contributed by atoms with Crippen LogP contribution in [0.1, 0.15) is 31.7 Å². The number of ether oxygens (including phenoxy) is 4. The van der Waals surface area contributed by atoms with Crippen LogP contribution in [-0.4, -0.2) is 75.8 Å². The predicted octanol–water partition coefficient (Wildman–Crippen LogP) is 1.96. The lowest BCUT2D eigenvalue weighted by molar-refractivity contribution is -0.150. The minimum absolute atomic E-state index is 0.478.